The van der Waals surface area contributed by atoms with Gasteiger partial charge in [-0.1, -0.05) is 42.1 Å². The zero-order chi connectivity index (χ0) is 19.4. The van der Waals surface area contributed by atoms with Gasteiger partial charge in [0.25, 0.3) is 0 Å². The van der Waals surface area contributed by atoms with Crippen molar-refractivity contribution in [2.45, 2.75) is 15.3 Å². The number of tetrazole rings is 1. The summed E-state index contributed by atoms with van der Waals surface area (Å²) in [6, 6.07) is 14.8. The number of nitrogens with two attached hydrogens (primary N) is 1. The number of benzene rings is 2. The molecule has 3 aromatic rings. The fourth-order valence-corrected chi connectivity index (χ4v) is 3.72. The smallest absolute Gasteiger partial charge is 0.242 e. The zero-order valence-electron chi connectivity index (χ0n) is 14.2. The molecule has 9 nitrogen and oxygen atoms in total. The lowest BCUT2D eigenvalue weighted by molar-refractivity contribution is -0.115. The summed E-state index contributed by atoms with van der Waals surface area (Å²) in [4.78, 5) is 12.9. The topological polar surface area (TPSA) is 133 Å². The fraction of sp³-hybridized carbons (Fsp3) is 0.125. The van der Waals surface area contributed by atoms with E-state index in [1.807, 2.05) is 30.3 Å². The van der Waals surface area contributed by atoms with Gasteiger partial charge in [-0.15, -0.1) is 5.10 Å². The average molecular weight is 404 g/mol. The third-order valence-electron chi connectivity index (χ3n) is 3.60. The van der Waals surface area contributed by atoms with Crippen LogP contribution in [0.3, 0.4) is 0 Å². The number of nitrogens with one attached hydrogen (secondary N) is 1. The molecule has 1 amide bonds. The molecular weight excluding hydrogens is 388 g/mol. The second kappa shape index (κ2) is 7.86. The van der Waals surface area contributed by atoms with Crippen LogP contribution in [0.2, 0.25) is 0 Å². The zero-order valence-corrected chi connectivity index (χ0v) is 15.8. The van der Waals surface area contributed by atoms with Gasteiger partial charge < -0.3 is 5.32 Å². The molecule has 0 fully saturated rings. The minimum atomic E-state index is -3.79. The van der Waals surface area contributed by atoms with E-state index in [-0.39, 0.29) is 10.8 Å². The standard InChI is InChI=1S/C16H16N6O3S2/c1-22-16(19-20-21-22)26-14(11-5-3-2-4-6-11)15(23)18-12-7-9-13(10-8-12)27(17,24)25/h2-10,14H,1H3,(H,18,23)(H2,17,24,25)/t14-/m1/s1. The van der Waals surface area contributed by atoms with Gasteiger partial charge in [0.1, 0.15) is 5.25 Å². The summed E-state index contributed by atoms with van der Waals surface area (Å²) in [7, 11) is -2.10. The van der Waals surface area contributed by atoms with Crippen LogP contribution in [-0.2, 0) is 21.9 Å². The molecule has 0 radical (unpaired) electrons. The van der Waals surface area contributed by atoms with Gasteiger partial charge in [-0.2, -0.15) is 0 Å². The number of nitrogens with zero attached hydrogens (tertiary/aromatic N) is 4. The minimum Gasteiger partial charge on any atom is -0.325 e. The molecule has 1 atom stereocenters. The third-order valence-corrected chi connectivity index (χ3v) is 5.80. The van der Waals surface area contributed by atoms with Crippen molar-refractivity contribution in [1.29, 1.82) is 0 Å². The SMILES string of the molecule is Cn1nnnc1S[C@@H](C(=O)Nc1ccc(S(N)(=O)=O)cc1)c1ccccc1. The number of carbonyl (C=O) groups excluding carboxylic acids is 1. The first-order chi connectivity index (χ1) is 12.8. The van der Waals surface area contributed by atoms with Crippen LogP contribution in [-0.4, -0.2) is 34.5 Å². The molecule has 0 saturated carbocycles. The molecule has 0 aliphatic carbocycles. The van der Waals surface area contributed by atoms with Crippen LogP contribution < -0.4 is 10.5 Å². The van der Waals surface area contributed by atoms with Gasteiger partial charge in [-0.25, -0.2) is 18.2 Å². The van der Waals surface area contributed by atoms with Gasteiger partial charge in [-0.3, -0.25) is 4.79 Å². The summed E-state index contributed by atoms with van der Waals surface area (Å²) in [6.07, 6.45) is 0. The Bertz CT molecular complexity index is 1040. The highest BCUT2D eigenvalue weighted by molar-refractivity contribution is 8.00. The van der Waals surface area contributed by atoms with Crippen molar-refractivity contribution in [3.63, 3.8) is 0 Å². The van der Waals surface area contributed by atoms with E-state index in [9.17, 15) is 13.2 Å². The summed E-state index contributed by atoms with van der Waals surface area (Å²) >= 11 is 1.21. The minimum absolute atomic E-state index is 0.0281. The number of carbonyl (C=O) groups is 1. The van der Waals surface area contributed by atoms with Gasteiger partial charge >= 0.3 is 0 Å². The molecule has 0 saturated heterocycles. The van der Waals surface area contributed by atoms with E-state index in [4.69, 9.17) is 5.14 Å². The van der Waals surface area contributed by atoms with Crippen molar-refractivity contribution in [2.24, 2.45) is 12.2 Å². The van der Waals surface area contributed by atoms with E-state index in [1.165, 1.54) is 40.7 Å². The highest BCUT2D eigenvalue weighted by Gasteiger charge is 2.24. The van der Waals surface area contributed by atoms with Crippen LogP contribution in [0.1, 0.15) is 10.8 Å². The third kappa shape index (κ3) is 4.70. The summed E-state index contributed by atoms with van der Waals surface area (Å²) in [6.45, 7) is 0. The Morgan fingerprint density at radius 2 is 1.81 bits per heavy atom. The number of primary sulfonamides is 1. The van der Waals surface area contributed by atoms with Gasteiger partial charge in [0, 0.05) is 12.7 Å². The van der Waals surface area contributed by atoms with Crippen molar-refractivity contribution in [1.82, 2.24) is 20.2 Å². The lowest BCUT2D eigenvalue weighted by Crippen LogP contribution is -2.19. The van der Waals surface area contributed by atoms with Crippen molar-refractivity contribution in [2.75, 3.05) is 5.32 Å². The van der Waals surface area contributed by atoms with Gasteiger partial charge in [0.15, 0.2) is 0 Å². The maximum atomic E-state index is 12.9. The molecule has 1 heterocycles. The van der Waals surface area contributed by atoms with Crippen LogP contribution in [0.5, 0.6) is 0 Å². The number of hydrogen-bond donors (Lipinski definition) is 2. The molecule has 0 spiro atoms. The van der Waals surface area contributed by atoms with E-state index < -0.39 is 15.3 Å². The van der Waals surface area contributed by atoms with E-state index in [0.29, 0.717) is 10.8 Å². The second-order valence-electron chi connectivity index (χ2n) is 5.55. The Kier molecular flexibility index (Phi) is 5.54. The maximum Gasteiger partial charge on any atom is 0.242 e. The molecule has 3 N–H and O–H groups in total. The summed E-state index contributed by atoms with van der Waals surface area (Å²) in [5.74, 6) is -0.294. The summed E-state index contributed by atoms with van der Waals surface area (Å²) in [5.41, 5.74) is 1.23. The first kappa shape index (κ1) is 19.0. The molecule has 0 aliphatic heterocycles. The molecule has 11 heteroatoms. The summed E-state index contributed by atoms with van der Waals surface area (Å²) in [5, 5.41) is 19.0. The number of anilines is 1. The molecule has 3 rings (SSSR count). The number of thioether (sulfide) groups is 1. The Labute approximate surface area is 160 Å². The number of rotatable bonds is 6. The van der Waals surface area contributed by atoms with Crippen LogP contribution >= 0.6 is 11.8 Å². The number of sulfonamides is 1. The van der Waals surface area contributed by atoms with Gasteiger partial charge in [0.05, 0.1) is 4.90 Å². The number of aryl methyl sites for hydroxylation is 1. The van der Waals surface area contributed by atoms with Crippen molar-refractivity contribution >= 4 is 33.4 Å². The Balaban J connectivity index is 1.84. The van der Waals surface area contributed by atoms with Gasteiger partial charge in [0.2, 0.25) is 21.1 Å². The van der Waals surface area contributed by atoms with Crippen LogP contribution in [0, 0.1) is 0 Å². The molecule has 0 unspecified atom stereocenters. The van der Waals surface area contributed by atoms with Crippen molar-refractivity contribution in [3.05, 3.63) is 60.2 Å². The molecule has 1 aromatic heterocycles. The Hall–Kier alpha value is -2.76. The van der Waals surface area contributed by atoms with Crippen LogP contribution in [0.4, 0.5) is 5.69 Å². The molecule has 0 aliphatic rings. The van der Waals surface area contributed by atoms with Crippen molar-refractivity contribution in [3.8, 4) is 0 Å². The van der Waals surface area contributed by atoms with Crippen LogP contribution in [0.15, 0.2) is 64.6 Å². The maximum absolute atomic E-state index is 12.9. The molecule has 2 aromatic carbocycles. The normalized spacial score (nSPS) is 12.5. The van der Waals surface area contributed by atoms with E-state index in [1.54, 1.807) is 7.05 Å². The molecular formula is C16H16N6O3S2. The van der Waals surface area contributed by atoms with E-state index in [0.717, 1.165) is 5.56 Å². The predicted octanol–water partition coefficient (Wildman–Crippen LogP) is 1.33. The second-order valence-corrected chi connectivity index (χ2v) is 8.19. The lowest BCUT2D eigenvalue weighted by Gasteiger charge is -2.16. The quantitative estimate of drug-likeness (QED) is 0.592. The highest BCUT2D eigenvalue weighted by Crippen LogP contribution is 2.34. The lowest BCUT2D eigenvalue weighted by atomic mass is 10.1. The largest absolute Gasteiger partial charge is 0.325 e. The number of amides is 1. The molecule has 0 bridgehead atoms. The highest BCUT2D eigenvalue weighted by atomic mass is 32.2. The number of aromatic nitrogens is 4. The first-order valence-electron chi connectivity index (χ1n) is 7.72. The van der Waals surface area contributed by atoms with Crippen LogP contribution in [0.25, 0.3) is 0 Å². The predicted molar refractivity (Wildman–Crippen MR) is 100 cm³/mol. The van der Waals surface area contributed by atoms with E-state index in [2.05, 4.69) is 20.8 Å². The number of hydrogen-bond acceptors (Lipinski definition) is 7. The van der Waals surface area contributed by atoms with E-state index >= 15 is 0 Å². The Morgan fingerprint density at radius 3 is 2.37 bits per heavy atom. The van der Waals surface area contributed by atoms with Gasteiger partial charge in [-0.05, 0) is 40.3 Å². The van der Waals surface area contributed by atoms with Crippen molar-refractivity contribution < 1.29 is 13.2 Å². The molecule has 27 heavy (non-hydrogen) atoms. The summed E-state index contributed by atoms with van der Waals surface area (Å²) < 4.78 is 24.2. The average Bonchev–Trinajstić information content (AvgIpc) is 3.04. The first-order valence-corrected chi connectivity index (χ1v) is 10.1. The Morgan fingerprint density at radius 1 is 1.15 bits per heavy atom. The molecule has 140 valence electrons. The monoisotopic (exact) mass is 404 g/mol. The fourth-order valence-electron chi connectivity index (χ4n) is 2.26.